The highest BCUT2D eigenvalue weighted by Gasteiger charge is 2.39. The maximum absolute atomic E-state index is 13.9. The third-order valence-corrected chi connectivity index (χ3v) is 8.99. The van der Waals surface area contributed by atoms with Crippen LogP contribution in [0.25, 0.3) is 11.1 Å². The molecule has 1 aliphatic rings. The third-order valence-electron chi connectivity index (χ3n) is 7.73. The largest absolute Gasteiger partial charge is 0.464 e. The molecule has 4 aromatic rings. The van der Waals surface area contributed by atoms with Gasteiger partial charge in [-0.15, -0.1) is 0 Å². The number of carbonyl (C=O) groups excluding carboxylic acids is 2. The molecule has 5 rings (SSSR count). The summed E-state index contributed by atoms with van der Waals surface area (Å²) < 4.78 is 42.6. The highest BCUT2D eigenvalue weighted by atomic mass is 32.2. The van der Waals surface area contributed by atoms with Crippen LogP contribution < -0.4 is 9.92 Å². The summed E-state index contributed by atoms with van der Waals surface area (Å²) in [5.41, 5.74) is 10.9. The first-order valence-electron chi connectivity index (χ1n) is 14.8. The van der Waals surface area contributed by atoms with Crippen LogP contribution in [0.5, 0.6) is 5.75 Å². The van der Waals surface area contributed by atoms with Crippen LogP contribution in [0.4, 0.5) is 0 Å². The van der Waals surface area contributed by atoms with Crippen LogP contribution in [-0.4, -0.2) is 39.1 Å². The number of fused-ring (bicyclic) bond motifs is 3. The SMILES string of the molecule is Cc1ccc(S(=O)(=O)Oc2ccc(C(C(=O)OCC3c4ccccc4-c4ccccc43)C(CN)C(=O)OC(C)(C)C)cc2)cc1. The van der Waals surface area contributed by atoms with Gasteiger partial charge in [-0.25, -0.2) is 0 Å². The third kappa shape index (κ3) is 7.10. The van der Waals surface area contributed by atoms with E-state index in [1.54, 1.807) is 45.0 Å². The Kier molecular flexibility index (Phi) is 9.13. The Morgan fingerprint density at radius 1 is 0.800 bits per heavy atom. The van der Waals surface area contributed by atoms with Crippen molar-refractivity contribution >= 4 is 22.1 Å². The average molecular weight is 628 g/mol. The lowest BCUT2D eigenvalue weighted by Gasteiger charge is -2.28. The summed E-state index contributed by atoms with van der Waals surface area (Å²) in [4.78, 5) is 27.2. The Balaban J connectivity index is 1.42. The summed E-state index contributed by atoms with van der Waals surface area (Å²) >= 11 is 0. The standard InChI is InChI=1S/C36H37NO7S/c1-23-13-19-26(20-14-23)45(40,41)44-25-17-15-24(16-18-25)33(31(21-37)34(38)43-36(2,3)4)35(39)42-22-32-29-11-7-5-9-27(29)28-10-6-8-12-30(28)32/h5-20,31-33H,21-22,37H2,1-4H3. The lowest BCUT2D eigenvalue weighted by molar-refractivity contribution is -0.165. The van der Waals surface area contributed by atoms with Crippen molar-refractivity contribution in [3.05, 3.63) is 119 Å². The zero-order valence-corrected chi connectivity index (χ0v) is 26.5. The molecule has 0 saturated carbocycles. The van der Waals surface area contributed by atoms with Crippen molar-refractivity contribution in [1.82, 2.24) is 0 Å². The summed E-state index contributed by atoms with van der Waals surface area (Å²) in [6.07, 6.45) is 0. The molecule has 2 atom stereocenters. The lowest BCUT2D eigenvalue weighted by Crippen LogP contribution is -2.39. The van der Waals surface area contributed by atoms with Gasteiger partial charge in [-0.05, 0) is 79.8 Å². The van der Waals surface area contributed by atoms with E-state index in [4.69, 9.17) is 19.4 Å². The second-order valence-electron chi connectivity index (χ2n) is 12.1. The molecular weight excluding hydrogens is 590 g/mol. The minimum atomic E-state index is -4.09. The molecule has 45 heavy (non-hydrogen) atoms. The average Bonchev–Trinajstić information content (AvgIpc) is 3.32. The van der Waals surface area contributed by atoms with E-state index in [0.29, 0.717) is 5.56 Å². The van der Waals surface area contributed by atoms with Crippen LogP contribution in [0.1, 0.15) is 54.9 Å². The fourth-order valence-corrected chi connectivity index (χ4v) is 6.51. The number of rotatable bonds is 10. The molecule has 2 N–H and O–H groups in total. The van der Waals surface area contributed by atoms with Crippen LogP contribution in [0.3, 0.4) is 0 Å². The molecule has 1 aliphatic carbocycles. The molecule has 2 unspecified atom stereocenters. The Labute approximate surface area is 264 Å². The van der Waals surface area contributed by atoms with E-state index < -0.39 is 39.5 Å². The monoisotopic (exact) mass is 627 g/mol. The Morgan fingerprint density at radius 2 is 1.36 bits per heavy atom. The van der Waals surface area contributed by atoms with Crippen LogP contribution in [-0.2, 0) is 29.2 Å². The normalized spacial score (nSPS) is 14.2. The first-order valence-corrected chi connectivity index (χ1v) is 16.2. The quantitative estimate of drug-likeness (QED) is 0.165. The molecule has 4 aromatic carbocycles. The minimum Gasteiger partial charge on any atom is -0.464 e. The fourth-order valence-electron chi connectivity index (χ4n) is 5.58. The molecule has 0 bridgehead atoms. The van der Waals surface area contributed by atoms with E-state index in [2.05, 4.69) is 12.1 Å². The Bertz CT molecular complexity index is 1750. The van der Waals surface area contributed by atoms with Gasteiger partial charge in [-0.3, -0.25) is 9.59 Å². The summed E-state index contributed by atoms with van der Waals surface area (Å²) in [6.45, 7) is 6.95. The van der Waals surface area contributed by atoms with Crippen molar-refractivity contribution in [2.75, 3.05) is 13.2 Å². The molecule has 9 heteroatoms. The predicted molar refractivity (Wildman–Crippen MR) is 171 cm³/mol. The molecule has 0 heterocycles. The first kappa shape index (κ1) is 31.9. The zero-order valence-electron chi connectivity index (χ0n) is 25.7. The predicted octanol–water partition coefficient (Wildman–Crippen LogP) is 6.12. The number of benzene rings is 4. The van der Waals surface area contributed by atoms with Crippen LogP contribution in [0, 0.1) is 12.8 Å². The molecule has 0 saturated heterocycles. The molecule has 0 aliphatic heterocycles. The van der Waals surface area contributed by atoms with E-state index >= 15 is 0 Å². The van der Waals surface area contributed by atoms with Crippen molar-refractivity contribution in [1.29, 1.82) is 0 Å². The molecule has 0 fully saturated rings. The summed E-state index contributed by atoms with van der Waals surface area (Å²) in [7, 11) is -4.09. The highest BCUT2D eigenvalue weighted by Crippen LogP contribution is 2.45. The van der Waals surface area contributed by atoms with E-state index in [1.807, 2.05) is 43.3 Å². The summed E-state index contributed by atoms with van der Waals surface area (Å²) in [6, 6.07) is 28.3. The van der Waals surface area contributed by atoms with Gasteiger partial charge in [0.2, 0.25) is 0 Å². The maximum atomic E-state index is 13.9. The second-order valence-corrected chi connectivity index (χ2v) is 13.7. The van der Waals surface area contributed by atoms with Gasteiger partial charge in [0.25, 0.3) is 0 Å². The van der Waals surface area contributed by atoms with Crippen molar-refractivity contribution in [3.8, 4) is 16.9 Å². The number of hydrogen-bond acceptors (Lipinski definition) is 8. The van der Waals surface area contributed by atoms with Crippen molar-refractivity contribution in [3.63, 3.8) is 0 Å². The second kappa shape index (κ2) is 12.9. The molecule has 0 radical (unpaired) electrons. The fraction of sp³-hybridized carbons (Fsp3) is 0.278. The molecule has 0 amide bonds. The number of esters is 2. The van der Waals surface area contributed by atoms with Gasteiger partial charge < -0.3 is 19.4 Å². The summed E-state index contributed by atoms with van der Waals surface area (Å²) in [5.74, 6) is -3.57. The van der Waals surface area contributed by atoms with Gasteiger partial charge in [0.15, 0.2) is 0 Å². The van der Waals surface area contributed by atoms with Gasteiger partial charge in [0.05, 0.1) is 11.8 Å². The zero-order chi connectivity index (χ0) is 32.4. The van der Waals surface area contributed by atoms with Crippen molar-refractivity contribution in [2.24, 2.45) is 11.7 Å². The Hall–Kier alpha value is -4.47. The Morgan fingerprint density at radius 3 is 1.89 bits per heavy atom. The molecule has 8 nitrogen and oxygen atoms in total. The van der Waals surface area contributed by atoms with E-state index in [9.17, 15) is 18.0 Å². The molecule has 234 valence electrons. The van der Waals surface area contributed by atoms with Gasteiger partial charge in [-0.1, -0.05) is 78.4 Å². The van der Waals surface area contributed by atoms with Gasteiger partial charge in [0.1, 0.15) is 22.9 Å². The van der Waals surface area contributed by atoms with Crippen LogP contribution in [0.15, 0.2) is 102 Å². The van der Waals surface area contributed by atoms with Crippen molar-refractivity contribution in [2.45, 2.75) is 50.0 Å². The molecule has 0 spiro atoms. The lowest BCUT2D eigenvalue weighted by atomic mass is 9.85. The first-order chi connectivity index (χ1) is 21.4. The van der Waals surface area contributed by atoms with Crippen molar-refractivity contribution < 1.29 is 31.7 Å². The molecule has 0 aromatic heterocycles. The van der Waals surface area contributed by atoms with Gasteiger partial charge in [0, 0.05) is 12.5 Å². The number of ether oxygens (including phenoxy) is 2. The summed E-state index contributed by atoms with van der Waals surface area (Å²) in [5, 5.41) is 0. The van der Waals surface area contributed by atoms with E-state index in [0.717, 1.165) is 27.8 Å². The highest BCUT2D eigenvalue weighted by molar-refractivity contribution is 7.87. The molecular formula is C36H37NO7S. The topological polar surface area (TPSA) is 122 Å². The van der Waals surface area contributed by atoms with Crippen LogP contribution >= 0.6 is 0 Å². The van der Waals surface area contributed by atoms with Crippen LogP contribution in [0.2, 0.25) is 0 Å². The van der Waals surface area contributed by atoms with E-state index in [-0.39, 0.29) is 29.7 Å². The van der Waals surface area contributed by atoms with Gasteiger partial charge >= 0.3 is 22.1 Å². The number of hydrogen-bond donors (Lipinski definition) is 1. The number of carbonyl (C=O) groups is 2. The number of aryl methyl sites for hydroxylation is 1. The van der Waals surface area contributed by atoms with E-state index in [1.165, 1.54) is 24.3 Å². The minimum absolute atomic E-state index is 0.0156. The maximum Gasteiger partial charge on any atom is 0.339 e. The smallest absolute Gasteiger partial charge is 0.339 e. The number of nitrogens with two attached hydrogens (primary N) is 1. The van der Waals surface area contributed by atoms with Gasteiger partial charge in [-0.2, -0.15) is 8.42 Å².